The minimum absolute atomic E-state index is 0.0337. The molecule has 18 heteroatoms. The number of carbonyl (C=O) groups excluding carboxylic acids is 2. The molecule has 7 rings (SSSR count). The third kappa shape index (κ3) is 5.57. The van der Waals surface area contributed by atoms with Crippen LogP contribution in [0.15, 0.2) is 27.5 Å². The van der Waals surface area contributed by atoms with E-state index in [1.165, 1.54) is 17.6 Å². The summed E-state index contributed by atoms with van der Waals surface area (Å²) in [5.41, 5.74) is -0.369. The fourth-order valence-electron chi connectivity index (χ4n) is 6.43. The number of nitrogens with one attached hydrogen (secondary N) is 2. The van der Waals surface area contributed by atoms with E-state index in [4.69, 9.17) is 9.05 Å². The van der Waals surface area contributed by atoms with Crippen LogP contribution in [0.2, 0.25) is 0 Å². The average Bonchev–Trinajstić information content (AvgIpc) is 3.32. The Hall–Kier alpha value is -4.51. The van der Waals surface area contributed by atoms with Crippen molar-refractivity contribution in [1.29, 1.82) is 0 Å². The summed E-state index contributed by atoms with van der Waals surface area (Å²) in [7, 11) is 0. The van der Waals surface area contributed by atoms with Crippen LogP contribution in [0.5, 0.6) is 0 Å². The number of halogens is 5. The van der Waals surface area contributed by atoms with Crippen LogP contribution in [-0.2, 0) is 16.6 Å². The van der Waals surface area contributed by atoms with Crippen molar-refractivity contribution in [2.75, 3.05) is 0 Å². The van der Waals surface area contributed by atoms with E-state index >= 15 is 0 Å². The molecule has 2 amide bonds. The third-order valence-electron chi connectivity index (χ3n) is 9.06. The van der Waals surface area contributed by atoms with Gasteiger partial charge in [0, 0.05) is 25.7 Å². The SMILES string of the molecule is Cc1nnc([C@]2(Cc3cnn4cc([C@@H](NC(=O)c5nonc5C5CC5)C5CCC(F)(F)CC5)nc4c3)C[C@@H](C(F)(F)F)NC2=O)o1. The van der Waals surface area contributed by atoms with E-state index in [0.29, 0.717) is 17.0 Å². The number of amides is 2. The monoisotopic (exact) mass is 649 g/mol. The molecule has 0 aromatic carbocycles. The van der Waals surface area contributed by atoms with Crippen LogP contribution in [0.4, 0.5) is 22.0 Å². The van der Waals surface area contributed by atoms with Crippen LogP contribution in [0.3, 0.4) is 0 Å². The number of carbonyl (C=O) groups is 2. The number of alkyl halides is 5. The van der Waals surface area contributed by atoms with Crippen molar-refractivity contribution in [1.82, 2.24) is 45.7 Å². The van der Waals surface area contributed by atoms with Gasteiger partial charge in [-0.05, 0) is 61.2 Å². The standard InChI is InChI=1S/C28H28F5N9O4/c1-13-38-39-25(45-13)26(10-18(28(31,32)33)36-24(26)44)9-14-8-19-35-17(12-42(19)34-11-14)20(16-4-6-27(29,30)7-5-16)37-23(43)22-21(15-2-3-15)40-46-41-22/h8,11-12,15-16,18,20H,2-7,9-10H2,1H3,(H,36,44)(H,37,43)/t18-,20-,26+/m0/s1. The zero-order valence-corrected chi connectivity index (χ0v) is 24.4. The van der Waals surface area contributed by atoms with E-state index in [9.17, 15) is 31.5 Å². The van der Waals surface area contributed by atoms with Gasteiger partial charge in [0.05, 0.1) is 24.1 Å². The van der Waals surface area contributed by atoms with E-state index < -0.39 is 47.8 Å². The van der Waals surface area contributed by atoms with Crippen LogP contribution in [0.1, 0.15) is 96.1 Å². The summed E-state index contributed by atoms with van der Waals surface area (Å²) in [5.74, 6) is -4.76. The van der Waals surface area contributed by atoms with Crippen molar-refractivity contribution in [3.63, 3.8) is 0 Å². The van der Waals surface area contributed by atoms with Crippen molar-refractivity contribution in [2.45, 2.75) is 93.8 Å². The lowest BCUT2D eigenvalue weighted by Crippen LogP contribution is -2.40. The quantitative estimate of drug-likeness (QED) is 0.267. The number of fused-ring (bicyclic) bond motifs is 1. The average molecular weight is 650 g/mol. The maximum absolute atomic E-state index is 14.1. The maximum atomic E-state index is 14.1. The Bertz CT molecular complexity index is 1790. The molecule has 0 bridgehead atoms. The first kappa shape index (κ1) is 30.2. The number of imidazole rings is 1. The van der Waals surface area contributed by atoms with Gasteiger partial charge in [-0.25, -0.2) is 22.9 Å². The highest BCUT2D eigenvalue weighted by Crippen LogP contribution is 2.44. The summed E-state index contributed by atoms with van der Waals surface area (Å²) in [6.45, 7) is 1.46. The number of aryl methyl sites for hydroxylation is 1. The first-order chi connectivity index (χ1) is 21.8. The van der Waals surface area contributed by atoms with Crippen LogP contribution < -0.4 is 10.6 Å². The molecule has 2 N–H and O–H groups in total. The normalized spacial score (nSPS) is 24.3. The number of hydrogen-bond acceptors (Lipinski definition) is 10. The van der Waals surface area contributed by atoms with Crippen LogP contribution in [0, 0.1) is 12.8 Å². The Labute approximate surface area is 256 Å². The van der Waals surface area contributed by atoms with Gasteiger partial charge in [-0.15, -0.1) is 10.2 Å². The second-order valence-corrected chi connectivity index (χ2v) is 12.4. The predicted octanol–water partition coefficient (Wildman–Crippen LogP) is 3.91. The second kappa shape index (κ2) is 10.8. The van der Waals surface area contributed by atoms with Gasteiger partial charge in [0.15, 0.2) is 11.3 Å². The van der Waals surface area contributed by atoms with Gasteiger partial charge in [0.1, 0.15) is 17.2 Å². The summed E-state index contributed by atoms with van der Waals surface area (Å²) in [6, 6.07) is -1.36. The zero-order valence-electron chi connectivity index (χ0n) is 24.4. The van der Waals surface area contributed by atoms with Gasteiger partial charge in [0.25, 0.3) is 5.91 Å². The van der Waals surface area contributed by atoms with Gasteiger partial charge in [-0.2, -0.15) is 18.3 Å². The molecule has 244 valence electrons. The summed E-state index contributed by atoms with van der Waals surface area (Å²) in [4.78, 5) is 31.1. The largest absolute Gasteiger partial charge is 0.424 e. The lowest BCUT2D eigenvalue weighted by molar-refractivity contribution is -0.155. The lowest BCUT2D eigenvalue weighted by atomic mass is 9.79. The van der Waals surface area contributed by atoms with Crippen molar-refractivity contribution in [3.8, 4) is 0 Å². The molecule has 46 heavy (non-hydrogen) atoms. The molecule has 1 aliphatic heterocycles. The molecule has 3 aliphatic rings. The highest BCUT2D eigenvalue weighted by atomic mass is 19.4. The minimum Gasteiger partial charge on any atom is -0.424 e. The molecule has 2 saturated carbocycles. The molecule has 4 aromatic heterocycles. The zero-order chi connectivity index (χ0) is 32.4. The Balaban J connectivity index is 1.20. The molecular formula is C28H28F5N9O4. The highest BCUT2D eigenvalue weighted by Gasteiger charge is 2.59. The topological polar surface area (TPSA) is 166 Å². The molecule has 4 aromatic rings. The molecule has 5 heterocycles. The molecule has 0 radical (unpaired) electrons. The van der Waals surface area contributed by atoms with Crippen molar-refractivity contribution >= 4 is 17.5 Å². The third-order valence-corrected chi connectivity index (χ3v) is 9.06. The molecule has 0 unspecified atom stereocenters. The molecule has 0 spiro atoms. The Morgan fingerprint density at radius 3 is 2.59 bits per heavy atom. The molecule has 2 aliphatic carbocycles. The van der Waals surface area contributed by atoms with Crippen LogP contribution in [0.25, 0.3) is 5.65 Å². The number of nitrogens with zero attached hydrogens (tertiary/aromatic N) is 7. The molecular weight excluding hydrogens is 621 g/mol. The van der Waals surface area contributed by atoms with Gasteiger partial charge in [0.2, 0.25) is 23.6 Å². The van der Waals surface area contributed by atoms with Crippen LogP contribution >= 0.6 is 0 Å². The smallest absolute Gasteiger partial charge is 0.408 e. The van der Waals surface area contributed by atoms with Gasteiger partial charge < -0.3 is 15.1 Å². The first-order valence-electron chi connectivity index (χ1n) is 14.8. The van der Waals surface area contributed by atoms with Gasteiger partial charge in [-0.3, -0.25) is 9.59 Å². The fourth-order valence-corrected chi connectivity index (χ4v) is 6.43. The highest BCUT2D eigenvalue weighted by molar-refractivity contribution is 5.93. The summed E-state index contributed by atoms with van der Waals surface area (Å²) < 4.78 is 80.9. The summed E-state index contributed by atoms with van der Waals surface area (Å²) in [6.07, 6.45) is -1.43. The number of hydrogen-bond donors (Lipinski definition) is 2. The minimum atomic E-state index is -4.70. The van der Waals surface area contributed by atoms with Crippen molar-refractivity contribution < 1.29 is 40.6 Å². The molecule has 3 fully saturated rings. The van der Waals surface area contributed by atoms with E-state index in [0.717, 1.165) is 12.8 Å². The summed E-state index contributed by atoms with van der Waals surface area (Å²) >= 11 is 0. The Morgan fingerprint density at radius 2 is 1.93 bits per heavy atom. The Morgan fingerprint density at radius 1 is 1.17 bits per heavy atom. The first-order valence-corrected chi connectivity index (χ1v) is 14.8. The van der Waals surface area contributed by atoms with E-state index in [1.807, 2.05) is 5.32 Å². The lowest BCUT2D eigenvalue weighted by Gasteiger charge is -2.33. The van der Waals surface area contributed by atoms with Crippen LogP contribution in [-0.4, -0.2) is 65.1 Å². The van der Waals surface area contributed by atoms with E-state index in [1.54, 1.807) is 12.3 Å². The molecule has 1 saturated heterocycles. The van der Waals surface area contributed by atoms with Gasteiger partial charge in [-0.1, -0.05) is 5.16 Å². The summed E-state index contributed by atoms with van der Waals surface area (Å²) in [5, 5.41) is 24.5. The number of rotatable bonds is 8. The predicted molar refractivity (Wildman–Crippen MR) is 143 cm³/mol. The molecule has 13 nitrogen and oxygen atoms in total. The maximum Gasteiger partial charge on any atom is 0.408 e. The van der Waals surface area contributed by atoms with E-state index in [2.05, 4.69) is 35.9 Å². The van der Waals surface area contributed by atoms with Gasteiger partial charge >= 0.3 is 6.18 Å². The fraction of sp³-hybridized carbons (Fsp3) is 0.571. The Kier molecular flexibility index (Phi) is 7.08. The molecule has 3 atom stereocenters. The number of aromatic nitrogens is 7. The van der Waals surface area contributed by atoms with Crippen molar-refractivity contribution in [3.05, 3.63) is 52.9 Å². The second-order valence-electron chi connectivity index (χ2n) is 12.4. The van der Waals surface area contributed by atoms with E-state index in [-0.39, 0.29) is 67.1 Å². The van der Waals surface area contributed by atoms with Crippen molar-refractivity contribution in [2.24, 2.45) is 5.92 Å².